The van der Waals surface area contributed by atoms with Gasteiger partial charge in [0.05, 0.1) is 23.7 Å². The summed E-state index contributed by atoms with van der Waals surface area (Å²) in [6.07, 6.45) is 4.06. The van der Waals surface area contributed by atoms with Crippen molar-refractivity contribution in [1.29, 1.82) is 0 Å². The van der Waals surface area contributed by atoms with Crippen molar-refractivity contribution in [2.75, 3.05) is 13.7 Å². The van der Waals surface area contributed by atoms with Crippen LogP contribution in [0.1, 0.15) is 49.8 Å². The molecule has 5 heteroatoms. The van der Waals surface area contributed by atoms with E-state index in [1.165, 1.54) is 4.88 Å². The van der Waals surface area contributed by atoms with Crippen molar-refractivity contribution in [3.05, 3.63) is 34.3 Å². The van der Waals surface area contributed by atoms with Gasteiger partial charge in [-0.05, 0) is 37.4 Å². The van der Waals surface area contributed by atoms with Crippen LogP contribution in [0.2, 0.25) is 0 Å². The molecule has 0 bridgehead atoms. The fourth-order valence-electron chi connectivity index (χ4n) is 2.36. The van der Waals surface area contributed by atoms with Gasteiger partial charge in [-0.3, -0.25) is 4.68 Å². The Labute approximate surface area is 131 Å². The van der Waals surface area contributed by atoms with Crippen molar-refractivity contribution in [3.63, 3.8) is 0 Å². The van der Waals surface area contributed by atoms with E-state index in [4.69, 9.17) is 9.84 Å². The molecular formula is C16H25N3OS. The van der Waals surface area contributed by atoms with Crippen LogP contribution in [0.5, 0.6) is 5.75 Å². The van der Waals surface area contributed by atoms with Crippen LogP contribution >= 0.6 is 11.3 Å². The number of thiophene rings is 1. The summed E-state index contributed by atoms with van der Waals surface area (Å²) in [5.74, 6) is 0.965. The molecule has 2 atom stereocenters. The average Bonchev–Trinajstić information content (AvgIpc) is 3.14. The Morgan fingerprint density at radius 2 is 2.19 bits per heavy atom. The van der Waals surface area contributed by atoms with Crippen molar-refractivity contribution in [3.8, 4) is 5.75 Å². The van der Waals surface area contributed by atoms with Crippen LogP contribution < -0.4 is 10.1 Å². The molecule has 0 saturated carbocycles. The van der Waals surface area contributed by atoms with Crippen LogP contribution in [0.3, 0.4) is 0 Å². The molecule has 0 amide bonds. The second-order valence-corrected chi connectivity index (χ2v) is 6.16. The summed E-state index contributed by atoms with van der Waals surface area (Å²) >= 11 is 1.74. The summed E-state index contributed by atoms with van der Waals surface area (Å²) < 4.78 is 7.52. The van der Waals surface area contributed by atoms with E-state index in [1.54, 1.807) is 18.4 Å². The molecule has 0 fully saturated rings. The molecule has 1 N–H and O–H groups in total. The minimum Gasteiger partial charge on any atom is -0.496 e. The van der Waals surface area contributed by atoms with Gasteiger partial charge in [0, 0.05) is 18.7 Å². The first-order valence-corrected chi connectivity index (χ1v) is 8.46. The lowest BCUT2D eigenvalue weighted by atomic mass is 10.1. The molecule has 116 valence electrons. The summed E-state index contributed by atoms with van der Waals surface area (Å²) in [5.41, 5.74) is 1.12. The Morgan fingerprint density at radius 1 is 1.38 bits per heavy atom. The van der Waals surface area contributed by atoms with Crippen LogP contribution in [0, 0.1) is 0 Å². The number of rotatable bonds is 8. The van der Waals surface area contributed by atoms with Gasteiger partial charge >= 0.3 is 0 Å². The topological polar surface area (TPSA) is 39.1 Å². The predicted molar refractivity (Wildman–Crippen MR) is 88.2 cm³/mol. The van der Waals surface area contributed by atoms with Gasteiger partial charge in [0.25, 0.3) is 0 Å². The Hall–Kier alpha value is -1.33. The third-order valence-electron chi connectivity index (χ3n) is 3.76. The zero-order valence-corrected chi connectivity index (χ0v) is 14.1. The zero-order valence-electron chi connectivity index (χ0n) is 13.3. The molecule has 21 heavy (non-hydrogen) atoms. The number of nitrogens with one attached hydrogen (secondary N) is 1. The van der Waals surface area contributed by atoms with Crippen molar-refractivity contribution < 1.29 is 4.74 Å². The number of hydrogen-bond acceptors (Lipinski definition) is 4. The van der Waals surface area contributed by atoms with Gasteiger partial charge in [0.15, 0.2) is 0 Å². The fourth-order valence-corrected chi connectivity index (χ4v) is 3.30. The normalized spacial score (nSPS) is 14.1. The van der Waals surface area contributed by atoms with Gasteiger partial charge in [0.1, 0.15) is 5.75 Å². The van der Waals surface area contributed by atoms with Gasteiger partial charge in [0.2, 0.25) is 0 Å². The number of aromatic nitrogens is 2. The van der Waals surface area contributed by atoms with E-state index in [0.717, 1.165) is 30.8 Å². The molecular weight excluding hydrogens is 282 g/mol. The van der Waals surface area contributed by atoms with Crippen molar-refractivity contribution in [2.24, 2.45) is 0 Å². The lowest BCUT2D eigenvalue weighted by molar-refractivity contribution is 0.402. The first-order valence-electron chi connectivity index (χ1n) is 7.58. The fraction of sp³-hybridized carbons (Fsp3) is 0.562. The van der Waals surface area contributed by atoms with Crippen molar-refractivity contribution in [1.82, 2.24) is 15.1 Å². The van der Waals surface area contributed by atoms with E-state index in [-0.39, 0.29) is 6.04 Å². The Bertz CT molecular complexity index is 549. The van der Waals surface area contributed by atoms with E-state index in [2.05, 4.69) is 48.4 Å². The van der Waals surface area contributed by atoms with Gasteiger partial charge in [-0.25, -0.2) is 0 Å². The average molecular weight is 307 g/mol. The third kappa shape index (κ3) is 3.86. The lowest BCUT2D eigenvalue weighted by Crippen LogP contribution is -2.22. The molecule has 2 rings (SSSR count). The molecule has 4 nitrogen and oxygen atoms in total. The number of likely N-dealkylation sites (N-methyl/N-ethyl adjacent to an activating group) is 1. The largest absolute Gasteiger partial charge is 0.496 e. The summed E-state index contributed by atoms with van der Waals surface area (Å²) in [5, 5.41) is 10.3. The van der Waals surface area contributed by atoms with E-state index >= 15 is 0 Å². The van der Waals surface area contributed by atoms with E-state index < -0.39 is 0 Å². The highest BCUT2D eigenvalue weighted by Crippen LogP contribution is 2.32. The molecule has 2 aromatic rings. The smallest absolute Gasteiger partial charge is 0.134 e. The number of nitrogens with zero attached hydrogens (tertiary/aromatic N) is 2. The second-order valence-electron chi connectivity index (χ2n) is 5.21. The van der Waals surface area contributed by atoms with Gasteiger partial charge in [-0.15, -0.1) is 11.3 Å². The Balaban J connectivity index is 2.14. The van der Waals surface area contributed by atoms with Crippen molar-refractivity contribution >= 4 is 11.3 Å². The molecule has 0 spiro atoms. The van der Waals surface area contributed by atoms with E-state index in [1.807, 2.05) is 6.07 Å². The maximum absolute atomic E-state index is 5.46. The monoisotopic (exact) mass is 307 g/mol. The molecule has 0 radical (unpaired) electrons. The molecule has 2 unspecified atom stereocenters. The molecule has 2 aromatic heterocycles. The van der Waals surface area contributed by atoms with Crippen LogP contribution in [0.25, 0.3) is 0 Å². The van der Waals surface area contributed by atoms with E-state index in [9.17, 15) is 0 Å². The van der Waals surface area contributed by atoms with E-state index in [0.29, 0.717) is 6.04 Å². The molecule has 0 aliphatic carbocycles. The summed E-state index contributed by atoms with van der Waals surface area (Å²) in [7, 11) is 1.73. The quantitative estimate of drug-likeness (QED) is 0.806. The second kappa shape index (κ2) is 7.61. The number of ether oxygens (including phenoxy) is 1. The highest BCUT2D eigenvalue weighted by molar-refractivity contribution is 7.10. The SMILES string of the molecule is CCNC(Cc1ccn(C(C)CC)n1)c1sccc1OC. The minimum absolute atomic E-state index is 0.255. The number of methoxy groups -OCH3 is 1. The maximum Gasteiger partial charge on any atom is 0.134 e. The first-order chi connectivity index (χ1) is 10.2. The summed E-state index contributed by atoms with van der Waals surface area (Å²) in [4.78, 5) is 1.25. The van der Waals surface area contributed by atoms with Gasteiger partial charge < -0.3 is 10.1 Å². The molecule has 0 aliphatic rings. The summed E-state index contributed by atoms with van der Waals surface area (Å²) in [6.45, 7) is 7.44. The van der Waals surface area contributed by atoms with Gasteiger partial charge in [-0.2, -0.15) is 5.10 Å². The highest BCUT2D eigenvalue weighted by atomic mass is 32.1. The van der Waals surface area contributed by atoms with Crippen molar-refractivity contribution in [2.45, 2.75) is 45.7 Å². The summed E-state index contributed by atoms with van der Waals surface area (Å²) in [6, 6.07) is 4.86. The third-order valence-corrected chi connectivity index (χ3v) is 4.78. The standard InChI is InChI=1S/C16H25N3OS/c1-5-12(3)19-9-7-13(18-19)11-14(17-6-2)16-15(20-4)8-10-21-16/h7-10,12,14,17H,5-6,11H2,1-4H3. The molecule has 0 aromatic carbocycles. The minimum atomic E-state index is 0.255. The Kier molecular flexibility index (Phi) is 5.82. The van der Waals surface area contributed by atoms with Crippen LogP contribution in [-0.2, 0) is 6.42 Å². The number of hydrogen-bond donors (Lipinski definition) is 1. The highest BCUT2D eigenvalue weighted by Gasteiger charge is 2.18. The lowest BCUT2D eigenvalue weighted by Gasteiger charge is -2.17. The van der Waals surface area contributed by atoms with Gasteiger partial charge in [-0.1, -0.05) is 13.8 Å². The van der Waals surface area contributed by atoms with Crippen LogP contribution in [0.15, 0.2) is 23.7 Å². The van der Waals surface area contributed by atoms with Crippen LogP contribution in [0.4, 0.5) is 0 Å². The molecule has 0 aliphatic heterocycles. The maximum atomic E-state index is 5.46. The predicted octanol–water partition coefficient (Wildman–Crippen LogP) is 3.82. The van der Waals surface area contributed by atoms with Crippen LogP contribution in [-0.4, -0.2) is 23.4 Å². The molecule has 2 heterocycles. The molecule has 0 saturated heterocycles. The Morgan fingerprint density at radius 3 is 2.86 bits per heavy atom. The zero-order chi connectivity index (χ0) is 15.2. The first kappa shape index (κ1) is 16.0.